The SMILES string of the molecule is CCC(CC)N(CCOC)C(=O)CCc1cccc(N)c1. The number of rotatable bonds is 9. The Morgan fingerprint density at radius 3 is 2.62 bits per heavy atom. The van der Waals surface area contributed by atoms with Gasteiger partial charge in [-0.15, -0.1) is 0 Å². The van der Waals surface area contributed by atoms with Crippen LogP contribution in [0.1, 0.15) is 38.7 Å². The van der Waals surface area contributed by atoms with Gasteiger partial charge >= 0.3 is 0 Å². The van der Waals surface area contributed by atoms with Gasteiger partial charge in [-0.1, -0.05) is 26.0 Å². The summed E-state index contributed by atoms with van der Waals surface area (Å²) in [5.74, 6) is 0.197. The second-order valence-corrected chi connectivity index (χ2v) is 5.30. The number of carbonyl (C=O) groups excluding carboxylic acids is 1. The lowest BCUT2D eigenvalue weighted by Gasteiger charge is -2.30. The lowest BCUT2D eigenvalue weighted by Crippen LogP contribution is -2.41. The van der Waals surface area contributed by atoms with Gasteiger partial charge in [-0.3, -0.25) is 4.79 Å². The van der Waals surface area contributed by atoms with Crippen LogP contribution in [0.4, 0.5) is 5.69 Å². The van der Waals surface area contributed by atoms with E-state index < -0.39 is 0 Å². The highest BCUT2D eigenvalue weighted by atomic mass is 16.5. The summed E-state index contributed by atoms with van der Waals surface area (Å²) in [4.78, 5) is 14.5. The number of anilines is 1. The Morgan fingerprint density at radius 1 is 1.33 bits per heavy atom. The van der Waals surface area contributed by atoms with Crippen LogP contribution in [-0.2, 0) is 16.0 Å². The molecule has 0 bridgehead atoms. The van der Waals surface area contributed by atoms with Gasteiger partial charge in [0.05, 0.1) is 6.61 Å². The van der Waals surface area contributed by atoms with Crippen LogP contribution in [0.5, 0.6) is 0 Å². The van der Waals surface area contributed by atoms with E-state index in [-0.39, 0.29) is 5.91 Å². The molecule has 0 saturated heterocycles. The topological polar surface area (TPSA) is 55.6 Å². The predicted molar refractivity (Wildman–Crippen MR) is 87.1 cm³/mol. The Balaban J connectivity index is 2.62. The third-order valence-corrected chi connectivity index (χ3v) is 3.82. The van der Waals surface area contributed by atoms with Crippen LogP contribution < -0.4 is 5.73 Å². The highest BCUT2D eigenvalue weighted by Gasteiger charge is 2.20. The summed E-state index contributed by atoms with van der Waals surface area (Å²) >= 11 is 0. The van der Waals surface area contributed by atoms with E-state index in [2.05, 4.69) is 13.8 Å². The highest BCUT2D eigenvalue weighted by Crippen LogP contribution is 2.13. The first-order chi connectivity index (χ1) is 10.1. The van der Waals surface area contributed by atoms with Gasteiger partial charge in [0.2, 0.25) is 5.91 Å². The first kappa shape index (κ1) is 17.5. The van der Waals surface area contributed by atoms with Crippen molar-refractivity contribution < 1.29 is 9.53 Å². The summed E-state index contributed by atoms with van der Waals surface area (Å²) in [7, 11) is 1.67. The zero-order valence-corrected chi connectivity index (χ0v) is 13.5. The van der Waals surface area contributed by atoms with E-state index in [1.807, 2.05) is 29.2 Å². The fraction of sp³-hybridized carbons (Fsp3) is 0.588. The Hall–Kier alpha value is -1.55. The van der Waals surface area contributed by atoms with E-state index in [1.54, 1.807) is 7.11 Å². The van der Waals surface area contributed by atoms with Crippen LogP contribution in [0.3, 0.4) is 0 Å². The number of carbonyl (C=O) groups is 1. The van der Waals surface area contributed by atoms with Crippen molar-refractivity contribution in [2.75, 3.05) is 26.0 Å². The molecule has 1 aromatic carbocycles. The van der Waals surface area contributed by atoms with Crippen LogP contribution in [-0.4, -0.2) is 37.1 Å². The molecule has 1 aromatic rings. The standard InChI is InChI=1S/C17H28N2O2/c1-4-16(5-2)19(11-12-21-3)17(20)10-9-14-7-6-8-15(18)13-14/h6-8,13,16H,4-5,9-12,18H2,1-3H3. The number of methoxy groups -OCH3 is 1. The summed E-state index contributed by atoms with van der Waals surface area (Å²) in [5, 5.41) is 0. The van der Waals surface area contributed by atoms with Crippen molar-refractivity contribution in [2.24, 2.45) is 0 Å². The number of hydrogen-bond donors (Lipinski definition) is 1. The molecule has 1 rings (SSSR count). The highest BCUT2D eigenvalue weighted by molar-refractivity contribution is 5.76. The van der Waals surface area contributed by atoms with Crippen LogP contribution in [0.15, 0.2) is 24.3 Å². The molecule has 0 atom stereocenters. The summed E-state index contributed by atoms with van der Waals surface area (Å²) in [6.07, 6.45) is 3.20. The average molecular weight is 292 g/mol. The fourth-order valence-electron chi connectivity index (χ4n) is 2.57. The second-order valence-electron chi connectivity index (χ2n) is 5.30. The van der Waals surface area contributed by atoms with Crippen molar-refractivity contribution in [1.82, 2.24) is 4.90 Å². The van der Waals surface area contributed by atoms with Crippen LogP contribution in [0.2, 0.25) is 0 Å². The molecule has 0 aromatic heterocycles. The molecule has 2 N–H and O–H groups in total. The summed E-state index contributed by atoms with van der Waals surface area (Å²) in [5.41, 5.74) is 7.63. The predicted octanol–water partition coefficient (Wildman–Crippen LogP) is 2.87. The number of hydrogen-bond acceptors (Lipinski definition) is 3. The second kappa shape index (κ2) is 9.40. The molecule has 21 heavy (non-hydrogen) atoms. The summed E-state index contributed by atoms with van der Waals surface area (Å²) in [6.45, 7) is 5.50. The first-order valence-electron chi connectivity index (χ1n) is 7.75. The number of aryl methyl sites for hydroxylation is 1. The smallest absolute Gasteiger partial charge is 0.223 e. The summed E-state index contributed by atoms with van der Waals surface area (Å²) in [6, 6.07) is 8.04. The van der Waals surface area contributed by atoms with Crippen molar-refractivity contribution >= 4 is 11.6 Å². The lowest BCUT2D eigenvalue weighted by atomic mass is 10.1. The lowest BCUT2D eigenvalue weighted by molar-refractivity contribution is -0.134. The molecule has 118 valence electrons. The quantitative estimate of drug-likeness (QED) is 0.712. The number of nitrogens with zero attached hydrogens (tertiary/aromatic N) is 1. The number of nitrogens with two attached hydrogens (primary N) is 1. The van der Waals surface area contributed by atoms with Crippen molar-refractivity contribution in [3.8, 4) is 0 Å². The third kappa shape index (κ3) is 5.76. The average Bonchev–Trinajstić information content (AvgIpc) is 2.49. The summed E-state index contributed by atoms with van der Waals surface area (Å²) < 4.78 is 5.13. The number of amides is 1. The van der Waals surface area contributed by atoms with Crippen molar-refractivity contribution in [1.29, 1.82) is 0 Å². The van der Waals surface area contributed by atoms with Gasteiger partial charge in [0.15, 0.2) is 0 Å². The fourth-order valence-corrected chi connectivity index (χ4v) is 2.57. The van der Waals surface area contributed by atoms with E-state index in [9.17, 15) is 4.79 Å². The third-order valence-electron chi connectivity index (χ3n) is 3.82. The molecule has 1 amide bonds. The zero-order chi connectivity index (χ0) is 15.7. The molecule has 0 aliphatic heterocycles. The van der Waals surface area contributed by atoms with E-state index >= 15 is 0 Å². The number of nitrogen functional groups attached to an aromatic ring is 1. The van der Waals surface area contributed by atoms with Gasteiger partial charge in [-0.2, -0.15) is 0 Å². The van der Waals surface area contributed by atoms with Crippen LogP contribution in [0, 0.1) is 0 Å². The molecule has 0 aliphatic rings. The van der Waals surface area contributed by atoms with Gasteiger partial charge in [-0.05, 0) is 37.0 Å². The minimum atomic E-state index is 0.197. The largest absolute Gasteiger partial charge is 0.399 e. The molecular formula is C17H28N2O2. The Morgan fingerprint density at radius 2 is 2.05 bits per heavy atom. The molecule has 0 saturated carbocycles. The van der Waals surface area contributed by atoms with E-state index in [0.29, 0.717) is 25.6 Å². The Labute approximate surface area is 128 Å². The van der Waals surface area contributed by atoms with Crippen LogP contribution >= 0.6 is 0 Å². The Kier molecular flexibility index (Phi) is 7.83. The molecular weight excluding hydrogens is 264 g/mol. The molecule has 4 nitrogen and oxygen atoms in total. The first-order valence-corrected chi connectivity index (χ1v) is 7.75. The van der Waals surface area contributed by atoms with Gasteiger partial charge in [0.1, 0.15) is 0 Å². The van der Waals surface area contributed by atoms with Crippen molar-refractivity contribution in [3.05, 3.63) is 29.8 Å². The van der Waals surface area contributed by atoms with Crippen molar-refractivity contribution in [3.63, 3.8) is 0 Å². The normalized spacial score (nSPS) is 10.9. The molecule has 0 fully saturated rings. The van der Waals surface area contributed by atoms with Gasteiger partial charge in [0, 0.05) is 31.8 Å². The van der Waals surface area contributed by atoms with Gasteiger partial charge in [-0.25, -0.2) is 0 Å². The maximum absolute atomic E-state index is 12.5. The molecule has 0 radical (unpaired) electrons. The zero-order valence-electron chi connectivity index (χ0n) is 13.5. The maximum Gasteiger partial charge on any atom is 0.223 e. The van der Waals surface area contributed by atoms with Gasteiger partial charge < -0.3 is 15.4 Å². The minimum absolute atomic E-state index is 0.197. The van der Waals surface area contributed by atoms with E-state index in [0.717, 1.165) is 30.5 Å². The van der Waals surface area contributed by atoms with Gasteiger partial charge in [0.25, 0.3) is 0 Å². The van der Waals surface area contributed by atoms with Crippen molar-refractivity contribution in [2.45, 2.75) is 45.6 Å². The Bertz CT molecular complexity index is 431. The minimum Gasteiger partial charge on any atom is -0.399 e. The molecule has 0 heterocycles. The van der Waals surface area contributed by atoms with Crippen LogP contribution in [0.25, 0.3) is 0 Å². The monoisotopic (exact) mass is 292 g/mol. The number of ether oxygens (including phenoxy) is 1. The van der Waals surface area contributed by atoms with E-state index in [1.165, 1.54) is 0 Å². The molecule has 4 heteroatoms. The number of benzene rings is 1. The molecule has 0 aliphatic carbocycles. The molecule has 0 spiro atoms. The maximum atomic E-state index is 12.5. The molecule has 0 unspecified atom stereocenters. The van der Waals surface area contributed by atoms with E-state index in [4.69, 9.17) is 10.5 Å².